The zero-order valence-corrected chi connectivity index (χ0v) is 9.78. The summed E-state index contributed by atoms with van der Waals surface area (Å²) in [6.45, 7) is 5.58. The lowest BCUT2D eigenvalue weighted by atomic mass is 10.1. The van der Waals surface area contributed by atoms with E-state index >= 15 is 0 Å². The zero-order valence-electron chi connectivity index (χ0n) is 9.78. The number of nitrogens with one attached hydrogen (secondary N) is 1. The number of carbonyl (C=O) groups is 1. The highest BCUT2D eigenvalue weighted by Crippen LogP contribution is 2.23. The summed E-state index contributed by atoms with van der Waals surface area (Å²) in [4.78, 5) is 11.4. The molecule has 0 atom stereocenters. The highest BCUT2D eigenvalue weighted by atomic mass is 16.5. The quantitative estimate of drug-likeness (QED) is 0.819. The van der Waals surface area contributed by atoms with Crippen LogP contribution in [0.3, 0.4) is 0 Å². The molecule has 0 aliphatic rings. The number of phenols is 1. The second kappa shape index (κ2) is 4.88. The van der Waals surface area contributed by atoms with Crippen molar-refractivity contribution in [3.63, 3.8) is 0 Å². The van der Waals surface area contributed by atoms with Gasteiger partial charge in [0.15, 0.2) is 18.1 Å². The number of amides is 1. The molecule has 88 valence electrons. The average molecular weight is 223 g/mol. The average Bonchev–Trinajstić information content (AvgIpc) is 2.14. The number of ether oxygens (including phenoxy) is 1. The first kappa shape index (κ1) is 12.4. The van der Waals surface area contributed by atoms with Crippen LogP contribution < -0.4 is 10.1 Å². The van der Waals surface area contributed by atoms with Gasteiger partial charge in [0, 0.05) is 5.54 Å². The van der Waals surface area contributed by atoms with E-state index in [0.717, 1.165) is 0 Å². The lowest BCUT2D eigenvalue weighted by Gasteiger charge is -2.20. The minimum atomic E-state index is -0.279. The molecule has 0 aromatic heterocycles. The molecule has 1 amide bonds. The molecule has 0 spiro atoms. The van der Waals surface area contributed by atoms with Gasteiger partial charge in [-0.05, 0) is 32.9 Å². The van der Waals surface area contributed by atoms with Crippen molar-refractivity contribution in [2.75, 3.05) is 6.61 Å². The number of rotatable bonds is 3. The third kappa shape index (κ3) is 4.21. The van der Waals surface area contributed by atoms with Crippen LogP contribution in [0.25, 0.3) is 0 Å². The maximum atomic E-state index is 11.4. The molecule has 1 rings (SSSR count). The Balaban J connectivity index is 2.47. The first-order valence-corrected chi connectivity index (χ1v) is 5.10. The molecule has 1 aromatic rings. The predicted molar refractivity (Wildman–Crippen MR) is 61.5 cm³/mol. The van der Waals surface area contributed by atoms with E-state index in [1.54, 1.807) is 18.2 Å². The number of phenolic OH excluding ortho intramolecular Hbond substituents is 1. The van der Waals surface area contributed by atoms with Crippen LogP contribution in [0, 0.1) is 0 Å². The smallest absolute Gasteiger partial charge is 0.258 e. The number of aromatic hydroxyl groups is 1. The van der Waals surface area contributed by atoms with Crippen molar-refractivity contribution in [3.8, 4) is 11.5 Å². The molecule has 0 radical (unpaired) electrons. The summed E-state index contributed by atoms with van der Waals surface area (Å²) < 4.78 is 5.18. The summed E-state index contributed by atoms with van der Waals surface area (Å²) in [6.07, 6.45) is 0. The van der Waals surface area contributed by atoms with E-state index in [1.807, 2.05) is 20.8 Å². The van der Waals surface area contributed by atoms with E-state index < -0.39 is 0 Å². The van der Waals surface area contributed by atoms with Crippen LogP contribution in [0.1, 0.15) is 20.8 Å². The molecule has 0 unspecified atom stereocenters. The molecule has 0 saturated carbocycles. The van der Waals surface area contributed by atoms with Gasteiger partial charge >= 0.3 is 0 Å². The molecule has 0 bridgehead atoms. The Labute approximate surface area is 95.2 Å². The Bertz CT molecular complexity index is 369. The summed E-state index contributed by atoms with van der Waals surface area (Å²) in [5.41, 5.74) is -0.279. The van der Waals surface area contributed by atoms with Crippen LogP contribution in [-0.4, -0.2) is 23.2 Å². The fraction of sp³-hybridized carbons (Fsp3) is 0.417. The molecule has 1 aromatic carbocycles. The highest BCUT2D eigenvalue weighted by Gasteiger charge is 2.14. The van der Waals surface area contributed by atoms with Gasteiger partial charge in [0.25, 0.3) is 5.91 Å². The lowest BCUT2D eigenvalue weighted by molar-refractivity contribution is -0.124. The summed E-state index contributed by atoms with van der Waals surface area (Å²) in [5, 5.41) is 12.2. The number of hydrogen-bond acceptors (Lipinski definition) is 3. The molecule has 0 aliphatic carbocycles. The van der Waals surface area contributed by atoms with E-state index in [1.165, 1.54) is 6.07 Å². The first-order valence-electron chi connectivity index (χ1n) is 5.10. The Morgan fingerprint density at radius 2 is 2.00 bits per heavy atom. The number of hydrogen-bond donors (Lipinski definition) is 2. The van der Waals surface area contributed by atoms with Gasteiger partial charge in [-0.2, -0.15) is 0 Å². The third-order valence-electron chi connectivity index (χ3n) is 1.74. The van der Waals surface area contributed by atoms with Gasteiger partial charge in [-0.25, -0.2) is 0 Å². The summed E-state index contributed by atoms with van der Waals surface area (Å²) in [5.74, 6) is 0.133. The van der Waals surface area contributed by atoms with Crippen molar-refractivity contribution < 1.29 is 14.6 Å². The third-order valence-corrected chi connectivity index (χ3v) is 1.74. The number of para-hydroxylation sites is 2. The Hall–Kier alpha value is -1.71. The van der Waals surface area contributed by atoms with Crippen LogP contribution in [-0.2, 0) is 4.79 Å². The molecular formula is C12H17NO3. The SMILES string of the molecule is CC(C)(C)NC(=O)COc1ccccc1O. The van der Waals surface area contributed by atoms with Crippen LogP contribution in [0.15, 0.2) is 24.3 Å². The molecular weight excluding hydrogens is 206 g/mol. The van der Waals surface area contributed by atoms with E-state index in [0.29, 0.717) is 5.75 Å². The zero-order chi connectivity index (χ0) is 12.2. The Morgan fingerprint density at radius 1 is 1.38 bits per heavy atom. The molecule has 0 aliphatic heterocycles. The molecule has 4 heteroatoms. The second-order valence-electron chi connectivity index (χ2n) is 4.55. The van der Waals surface area contributed by atoms with E-state index in [2.05, 4.69) is 5.32 Å². The van der Waals surface area contributed by atoms with Crippen molar-refractivity contribution in [2.24, 2.45) is 0 Å². The Morgan fingerprint density at radius 3 is 2.56 bits per heavy atom. The highest BCUT2D eigenvalue weighted by molar-refractivity contribution is 5.78. The van der Waals surface area contributed by atoms with Gasteiger partial charge in [-0.3, -0.25) is 4.79 Å². The standard InChI is InChI=1S/C12H17NO3/c1-12(2,3)13-11(15)8-16-10-7-5-4-6-9(10)14/h4-7,14H,8H2,1-3H3,(H,13,15). The summed E-state index contributed by atoms with van der Waals surface area (Å²) in [6, 6.07) is 6.55. The van der Waals surface area contributed by atoms with Crippen molar-refractivity contribution >= 4 is 5.91 Å². The minimum absolute atomic E-state index is 0.0334. The maximum Gasteiger partial charge on any atom is 0.258 e. The fourth-order valence-corrected chi connectivity index (χ4v) is 1.18. The van der Waals surface area contributed by atoms with Crippen molar-refractivity contribution in [1.29, 1.82) is 0 Å². The lowest BCUT2D eigenvalue weighted by Crippen LogP contribution is -2.43. The molecule has 0 saturated heterocycles. The largest absolute Gasteiger partial charge is 0.504 e. The second-order valence-corrected chi connectivity index (χ2v) is 4.55. The van der Waals surface area contributed by atoms with Crippen molar-refractivity contribution in [3.05, 3.63) is 24.3 Å². The van der Waals surface area contributed by atoms with E-state index in [4.69, 9.17) is 4.74 Å². The van der Waals surface area contributed by atoms with Crippen molar-refractivity contribution in [1.82, 2.24) is 5.32 Å². The van der Waals surface area contributed by atoms with Crippen LogP contribution in [0.4, 0.5) is 0 Å². The van der Waals surface area contributed by atoms with Gasteiger partial charge in [0.2, 0.25) is 0 Å². The summed E-state index contributed by atoms with van der Waals surface area (Å²) >= 11 is 0. The van der Waals surface area contributed by atoms with Gasteiger partial charge in [0.05, 0.1) is 0 Å². The molecule has 2 N–H and O–H groups in total. The minimum Gasteiger partial charge on any atom is -0.504 e. The van der Waals surface area contributed by atoms with Crippen LogP contribution in [0.5, 0.6) is 11.5 Å². The van der Waals surface area contributed by atoms with Crippen molar-refractivity contribution in [2.45, 2.75) is 26.3 Å². The van der Waals surface area contributed by atoms with Gasteiger partial charge < -0.3 is 15.2 Å². The predicted octanol–water partition coefficient (Wildman–Crippen LogP) is 1.69. The first-order chi connectivity index (χ1) is 7.38. The number of benzene rings is 1. The monoisotopic (exact) mass is 223 g/mol. The van der Waals surface area contributed by atoms with E-state index in [9.17, 15) is 9.90 Å². The molecule has 4 nitrogen and oxygen atoms in total. The van der Waals surface area contributed by atoms with Gasteiger partial charge in [0.1, 0.15) is 0 Å². The van der Waals surface area contributed by atoms with Crippen LogP contribution >= 0.6 is 0 Å². The summed E-state index contributed by atoms with van der Waals surface area (Å²) in [7, 11) is 0. The molecule has 0 heterocycles. The molecule has 0 fully saturated rings. The number of carbonyl (C=O) groups excluding carboxylic acids is 1. The van der Waals surface area contributed by atoms with Crippen LogP contribution in [0.2, 0.25) is 0 Å². The normalized spacial score (nSPS) is 10.9. The topological polar surface area (TPSA) is 58.6 Å². The molecule has 16 heavy (non-hydrogen) atoms. The van der Waals surface area contributed by atoms with Gasteiger partial charge in [-0.1, -0.05) is 12.1 Å². The van der Waals surface area contributed by atoms with E-state index in [-0.39, 0.29) is 23.8 Å². The fourth-order valence-electron chi connectivity index (χ4n) is 1.18. The maximum absolute atomic E-state index is 11.4. The Kier molecular flexibility index (Phi) is 3.77. The van der Waals surface area contributed by atoms with Gasteiger partial charge in [-0.15, -0.1) is 0 Å².